The second-order valence-electron chi connectivity index (χ2n) is 11.0. The minimum absolute atomic E-state index is 0.0961. The minimum Gasteiger partial charge on any atom is -0.480 e. The van der Waals surface area contributed by atoms with Crippen LogP contribution in [0.3, 0.4) is 0 Å². The third kappa shape index (κ3) is 6.88. The number of aromatic amines is 1. The lowest BCUT2D eigenvalue weighted by Crippen LogP contribution is -2.42. The first kappa shape index (κ1) is 31.5. The van der Waals surface area contributed by atoms with Crippen LogP contribution in [0.2, 0.25) is 0 Å². The van der Waals surface area contributed by atoms with Crippen molar-refractivity contribution >= 4 is 47.0 Å². The fraction of sp³-hybridized carbons (Fsp3) is 0.171. The fourth-order valence-corrected chi connectivity index (χ4v) is 5.45. The number of fused-ring (bicyclic) bond motifs is 1. The van der Waals surface area contributed by atoms with E-state index in [0.717, 1.165) is 11.1 Å². The number of anilines is 1. The quantitative estimate of drug-likeness (QED) is 0.137. The SMILES string of the molecule is Cc1[nH]c(/C=C2\C(=O)Nc3ccc(C(=O)N[C@H](Cc4ccccc4)C(=O)O)cc32)c(C)c1C(=O)N[C@@H](Cc1ccccc1)C(=O)O. The number of rotatable bonds is 11. The van der Waals surface area contributed by atoms with E-state index in [1.807, 2.05) is 12.1 Å². The van der Waals surface area contributed by atoms with E-state index >= 15 is 0 Å². The Hall–Kier alpha value is -5.97. The second kappa shape index (κ2) is 13.3. The van der Waals surface area contributed by atoms with E-state index < -0.39 is 41.7 Å². The zero-order valence-electron chi connectivity index (χ0n) is 25.1. The fourth-order valence-electron chi connectivity index (χ4n) is 5.45. The highest BCUT2D eigenvalue weighted by Gasteiger charge is 2.29. The summed E-state index contributed by atoms with van der Waals surface area (Å²) < 4.78 is 0. The highest BCUT2D eigenvalue weighted by molar-refractivity contribution is 6.35. The Bertz CT molecular complexity index is 1860. The summed E-state index contributed by atoms with van der Waals surface area (Å²) in [6.07, 6.45) is 1.77. The third-order valence-corrected chi connectivity index (χ3v) is 7.83. The van der Waals surface area contributed by atoms with Crippen LogP contribution < -0.4 is 16.0 Å². The third-order valence-electron chi connectivity index (χ3n) is 7.83. The number of carbonyl (C=O) groups excluding carboxylic acids is 3. The molecule has 2 atom stereocenters. The highest BCUT2D eigenvalue weighted by atomic mass is 16.4. The Kier molecular flexibility index (Phi) is 9.13. The van der Waals surface area contributed by atoms with Crippen molar-refractivity contribution in [3.63, 3.8) is 0 Å². The number of hydrogen-bond acceptors (Lipinski definition) is 5. The molecular formula is C35H32N4O7. The van der Waals surface area contributed by atoms with Gasteiger partial charge in [0.15, 0.2) is 0 Å². The van der Waals surface area contributed by atoms with E-state index in [-0.39, 0.29) is 29.5 Å². The van der Waals surface area contributed by atoms with Gasteiger partial charge in [-0.05, 0) is 54.8 Å². The van der Waals surface area contributed by atoms with Crippen molar-refractivity contribution in [1.29, 1.82) is 0 Å². The summed E-state index contributed by atoms with van der Waals surface area (Å²) in [5, 5.41) is 27.4. The van der Waals surface area contributed by atoms with E-state index in [4.69, 9.17) is 0 Å². The monoisotopic (exact) mass is 620 g/mol. The molecule has 11 nitrogen and oxygen atoms in total. The van der Waals surface area contributed by atoms with E-state index in [2.05, 4.69) is 20.9 Å². The summed E-state index contributed by atoms with van der Waals surface area (Å²) in [6, 6.07) is 20.2. The average molecular weight is 621 g/mol. The summed E-state index contributed by atoms with van der Waals surface area (Å²) in [6.45, 7) is 3.37. The number of amides is 3. The van der Waals surface area contributed by atoms with Crippen LogP contribution in [0.1, 0.15) is 54.4 Å². The Morgan fingerprint density at radius 2 is 1.33 bits per heavy atom. The van der Waals surface area contributed by atoms with Crippen LogP contribution in [0.25, 0.3) is 11.6 Å². The maximum atomic E-state index is 13.3. The molecule has 234 valence electrons. The first-order chi connectivity index (χ1) is 22.0. The number of carboxylic acids is 2. The molecule has 0 spiro atoms. The van der Waals surface area contributed by atoms with E-state index in [9.17, 15) is 34.2 Å². The number of carboxylic acid groups (broad SMARTS) is 2. The lowest BCUT2D eigenvalue weighted by atomic mass is 10.0. The molecule has 1 aliphatic heterocycles. The molecule has 0 saturated carbocycles. The molecule has 0 fully saturated rings. The molecule has 0 radical (unpaired) electrons. The van der Waals surface area contributed by atoms with Crippen molar-refractivity contribution in [3.05, 3.63) is 124 Å². The molecule has 0 bridgehead atoms. The molecule has 6 N–H and O–H groups in total. The van der Waals surface area contributed by atoms with Gasteiger partial charge in [-0.3, -0.25) is 14.4 Å². The van der Waals surface area contributed by atoms with Gasteiger partial charge < -0.3 is 31.1 Å². The molecule has 3 amide bonds. The maximum Gasteiger partial charge on any atom is 0.326 e. The predicted octanol–water partition coefficient (Wildman–Crippen LogP) is 3.98. The molecule has 4 aromatic rings. The number of hydrogen-bond donors (Lipinski definition) is 6. The van der Waals surface area contributed by atoms with Gasteiger partial charge in [-0.25, -0.2) is 9.59 Å². The number of aryl methyl sites for hydroxylation is 1. The van der Waals surface area contributed by atoms with Gasteiger partial charge >= 0.3 is 11.9 Å². The Morgan fingerprint density at radius 1 is 0.783 bits per heavy atom. The zero-order chi connectivity index (χ0) is 33.0. The molecule has 1 aromatic heterocycles. The van der Waals surface area contributed by atoms with E-state index in [1.54, 1.807) is 74.5 Å². The molecule has 1 aliphatic rings. The van der Waals surface area contributed by atoms with Crippen LogP contribution in [-0.4, -0.2) is 56.9 Å². The van der Waals surface area contributed by atoms with E-state index in [0.29, 0.717) is 28.2 Å². The lowest BCUT2D eigenvalue weighted by molar-refractivity contribution is -0.140. The van der Waals surface area contributed by atoms with Crippen LogP contribution in [0, 0.1) is 13.8 Å². The molecule has 2 heterocycles. The lowest BCUT2D eigenvalue weighted by Gasteiger charge is -2.15. The van der Waals surface area contributed by atoms with Gasteiger partial charge in [-0.2, -0.15) is 0 Å². The average Bonchev–Trinajstić information content (AvgIpc) is 3.50. The van der Waals surface area contributed by atoms with Crippen LogP contribution in [-0.2, 0) is 27.2 Å². The maximum absolute atomic E-state index is 13.3. The Balaban J connectivity index is 1.38. The van der Waals surface area contributed by atoms with Crippen molar-refractivity contribution in [3.8, 4) is 0 Å². The molecule has 0 saturated heterocycles. The summed E-state index contributed by atoms with van der Waals surface area (Å²) in [5.74, 6) is -3.95. The number of benzene rings is 3. The zero-order valence-corrected chi connectivity index (χ0v) is 25.1. The van der Waals surface area contributed by atoms with E-state index in [1.165, 1.54) is 12.1 Å². The summed E-state index contributed by atoms with van der Waals surface area (Å²) in [7, 11) is 0. The summed E-state index contributed by atoms with van der Waals surface area (Å²) in [5.41, 5.74) is 4.51. The molecule has 11 heteroatoms. The van der Waals surface area contributed by atoms with Gasteiger partial charge in [-0.15, -0.1) is 0 Å². The Labute approximate surface area is 264 Å². The molecule has 0 unspecified atom stereocenters. The summed E-state index contributed by atoms with van der Waals surface area (Å²) >= 11 is 0. The van der Waals surface area contributed by atoms with Gasteiger partial charge in [0.1, 0.15) is 12.1 Å². The minimum atomic E-state index is -1.18. The standard InChI is InChI=1S/C35H32N4O7/c1-19-27(36-20(2)30(19)33(42)39-29(35(45)46)16-22-11-7-4-8-12-22)18-25-24-17-23(13-14-26(24)37-32(25)41)31(40)38-28(34(43)44)15-21-9-5-3-6-10-21/h3-14,17-18,28-29,36H,15-16H2,1-2H3,(H,37,41)(H,38,40)(H,39,42)(H,43,44)(H,45,46)/b25-18-/t28-,29+/m1/s1. The van der Waals surface area contributed by atoms with Crippen LogP contribution >= 0.6 is 0 Å². The molecule has 0 aliphatic carbocycles. The van der Waals surface area contributed by atoms with Crippen molar-refractivity contribution in [2.75, 3.05) is 5.32 Å². The van der Waals surface area contributed by atoms with Crippen molar-refractivity contribution in [2.24, 2.45) is 0 Å². The normalized spacial score (nSPS) is 14.2. The second-order valence-corrected chi connectivity index (χ2v) is 11.0. The van der Waals surface area contributed by atoms with Crippen molar-refractivity contribution in [2.45, 2.75) is 38.8 Å². The van der Waals surface area contributed by atoms with Gasteiger partial charge in [0.05, 0.1) is 11.1 Å². The number of carbonyl (C=O) groups is 5. The van der Waals surface area contributed by atoms with Crippen LogP contribution in [0.15, 0.2) is 78.9 Å². The molecular weight excluding hydrogens is 588 g/mol. The molecule has 3 aromatic carbocycles. The van der Waals surface area contributed by atoms with Gasteiger partial charge in [0.25, 0.3) is 17.7 Å². The van der Waals surface area contributed by atoms with Gasteiger partial charge in [0.2, 0.25) is 0 Å². The van der Waals surface area contributed by atoms with Crippen molar-refractivity contribution in [1.82, 2.24) is 15.6 Å². The number of aromatic nitrogens is 1. The van der Waals surface area contributed by atoms with Gasteiger partial charge in [-0.1, -0.05) is 60.7 Å². The van der Waals surface area contributed by atoms with Crippen molar-refractivity contribution < 1.29 is 34.2 Å². The summed E-state index contributed by atoms with van der Waals surface area (Å²) in [4.78, 5) is 66.4. The first-order valence-electron chi connectivity index (χ1n) is 14.5. The number of H-pyrrole nitrogens is 1. The van der Waals surface area contributed by atoms with Gasteiger partial charge in [0, 0.05) is 41.0 Å². The Morgan fingerprint density at radius 3 is 1.87 bits per heavy atom. The number of nitrogens with one attached hydrogen (secondary N) is 4. The predicted molar refractivity (Wildman–Crippen MR) is 171 cm³/mol. The first-order valence-corrected chi connectivity index (χ1v) is 14.5. The smallest absolute Gasteiger partial charge is 0.326 e. The highest BCUT2D eigenvalue weighted by Crippen LogP contribution is 2.35. The number of aliphatic carboxylic acids is 2. The molecule has 46 heavy (non-hydrogen) atoms. The topological polar surface area (TPSA) is 178 Å². The van der Waals surface area contributed by atoms with Crippen LogP contribution in [0.5, 0.6) is 0 Å². The largest absolute Gasteiger partial charge is 0.480 e. The van der Waals surface area contributed by atoms with Crippen LogP contribution in [0.4, 0.5) is 5.69 Å². The molecule has 5 rings (SSSR count).